The topological polar surface area (TPSA) is 18.5 Å². The molecule has 0 saturated carbocycles. The average molecular weight is 660 g/mol. The van der Waals surface area contributed by atoms with E-state index in [-0.39, 0.29) is 16.5 Å². The van der Waals surface area contributed by atoms with Crippen molar-refractivity contribution in [2.24, 2.45) is 0 Å². The van der Waals surface area contributed by atoms with Crippen LogP contribution in [0.2, 0.25) is 0 Å². The van der Waals surface area contributed by atoms with Crippen molar-refractivity contribution in [3.8, 4) is 11.5 Å². The predicted octanol–water partition coefficient (Wildman–Crippen LogP) is 8.62. The Hall–Kier alpha value is -2.67. The fourth-order valence-corrected chi connectivity index (χ4v) is 5.00. The number of hydrogen-bond donors (Lipinski definition) is 0. The van der Waals surface area contributed by atoms with Crippen molar-refractivity contribution in [1.29, 1.82) is 0 Å². The van der Waals surface area contributed by atoms with Crippen LogP contribution in [-0.4, -0.2) is 13.2 Å². The molecule has 4 rings (SSSR count). The molecule has 0 bridgehead atoms. The van der Waals surface area contributed by atoms with Crippen molar-refractivity contribution in [2.75, 3.05) is 13.2 Å². The summed E-state index contributed by atoms with van der Waals surface area (Å²) in [5.74, 6) is 1.62. The van der Waals surface area contributed by atoms with Gasteiger partial charge in [0.1, 0.15) is 11.5 Å². The molecule has 0 aromatic heterocycles. The zero-order valence-electron chi connectivity index (χ0n) is 23.4. The van der Waals surface area contributed by atoms with E-state index >= 15 is 0 Å². The number of ether oxygens (including phenoxy) is 2. The fourth-order valence-electron chi connectivity index (χ4n) is 3.89. The Kier molecular flexibility index (Phi) is 14.6. The van der Waals surface area contributed by atoms with Crippen LogP contribution in [0.3, 0.4) is 0 Å². The summed E-state index contributed by atoms with van der Waals surface area (Å²) in [6, 6.07) is 31.6. The van der Waals surface area contributed by atoms with Crippen LogP contribution in [0.5, 0.6) is 11.5 Å². The minimum absolute atomic E-state index is 0. The van der Waals surface area contributed by atoms with Gasteiger partial charge in [-0.1, -0.05) is 78.4 Å². The smallest absolute Gasteiger partial charge is 0.124 e. The molecule has 218 valence electrons. The molecular formula is C34H32NiO2S4-4. The van der Waals surface area contributed by atoms with E-state index in [0.717, 1.165) is 44.9 Å². The van der Waals surface area contributed by atoms with Crippen LogP contribution in [0.25, 0.3) is 19.6 Å². The number of hydrogen-bond acceptors (Lipinski definition) is 6. The molecule has 7 heteroatoms. The third kappa shape index (κ3) is 9.70. The van der Waals surface area contributed by atoms with Crippen LogP contribution in [0.4, 0.5) is 0 Å². The summed E-state index contributed by atoms with van der Waals surface area (Å²) in [6.07, 6.45) is 0. The van der Waals surface area contributed by atoms with Crippen molar-refractivity contribution in [1.82, 2.24) is 0 Å². The number of benzene rings is 4. The van der Waals surface area contributed by atoms with E-state index in [1.807, 2.05) is 125 Å². The van der Waals surface area contributed by atoms with Crippen LogP contribution in [0.15, 0.2) is 97.1 Å². The maximum atomic E-state index is 5.65. The van der Waals surface area contributed by atoms with Gasteiger partial charge in [0.2, 0.25) is 0 Å². The maximum absolute atomic E-state index is 5.65. The molecule has 0 aliphatic heterocycles. The van der Waals surface area contributed by atoms with Gasteiger partial charge in [0.05, 0.1) is 13.2 Å². The molecule has 4 aromatic rings. The van der Waals surface area contributed by atoms with Crippen molar-refractivity contribution < 1.29 is 26.0 Å². The van der Waals surface area contributed by atoms with Crippen molar-refractivity contribution >= 4 is 70.1 Å². The summed E-state index contributed by atoms with van der Waals surface area (Å²) < 4.78 is 11.2. The fraction of sp³-hybridized carbons (Fsp3) is 0.176. The summed E-state index contributed by atoms with van der Waals surface area (Å²) in [6.45, 7) is 9.24. The molecule has 0 aliphatic carbocycles. The number of aryl methyl sites for hydroxylation is 2. The van der Waals surface area contributed by atoms with Crippen molar-refractivity contribution in [3.63, 3.8) is 0 Å². The van der Waals surface area contributed by atoms with E-state index in [1.165, 1.54) is 0 Å². The molecule has 0 unspecified atom stereocenters. The summed E-state index contributed by atoms with van der Waals surface area (Å²) in [7, 11) is 0. The van der Waals surface area contributed by atoms with Gasteiger partial charge in [-0.15, -0.1) is 0 Å². The van der Waals surface area contributed by atoms with Gasteiger partial charge in [0.15, 0.2) is 0 Å². The van der Waals surface area contributed by atoms with Gasteiger partial charge in [-0.3, -0.25) is 0 Å². The van der Waals surface area contributed by atoms with E-state index in [9.17, 15) is 0 Å². The predicted molar refractivity (Wildman–Crippen MR) is 181 cm³/mol. The second kappa shape index (κ2) is 17.3. The molecule has 0 radical (unpaired) electrons. The van der Waals surface area contributed by atoms with E-state index in [0.29, 0.717) is 32.8 Å². The standard InChI is InChI=1S/2C17H18OS2.Ni/c1-3-18-14-10-9-12(2)15(11-14)17(20)16(19)13-7-5-4-6-8-13;1-3-18-15-10-9-12(2)11-14(15)17(20)16(19)13-7-5-4-6-8-13;/h2*4-11,19-20H,3H2,1-2H3;/p-4/b2*17-16-;. The summed E-state index contributed by atoms with van der Waals surface area (Å²) in [5, 5.41) is 0. The molecule has 0 spiro atoms. The minimum Gasteiger partial charge on any atom is -0.781 e. The average Bonchev–Trinajstić information content (AvgIpc) is 2.99. The summed E-state index contributed by atoms with van der Waals surface area (Å²) in [5.41, 5.74) is 6.07. The molecule has 0 saturated heterocycles. The Labute approximate surface area is 277 Å². The van der Waals surface area contributed by atoms with Gasteiger partial charge in [-0.05, 0) is 79.8 Å². The minimum atomic E-state index is 0. The molecule has 2 nitrogen and oxygen atoms in total. The van der Waals surface area contributed by atoms with Gasteiger partial charge in [-0.25, -0.2) is 0 Å². The Bertz CT molecular complexity index is 1470. The Morgan fingerprint density at radius 3 is 1.59 bits per heavy atom. The maximum Gasteiger partial charge on any atom is 0.124 e. The summed E-state index contributed by atoms with van der Waals surface area (Å²) in [4.78, 5) is 2.76. The Morgan fingerprint density at radius 2 is 1.07 bits per heavy atom. The molecule has 0 N–H and O–H groups in total. The van der Waals surface area contributed by atoms with Crippen molar-refractivity contribution in [2.45, 2.75) is 27.7 Å². The van der Waals surface area contributed by atoms with Gasteiger partial charge in [0, 0.05) is 16.5 Å². The van der Waals surface area contributed by atoms with Crippen LogP contribution >= 0.6 is 0 Å². The van der Waals surface area contributed by atoms with Gasteiger partial charge in [0.25, 0.3) is 0 Å². The van der Waals surface area contributed by atoms with Gasteiger partial charge >= 0.3 is 0 Å². The molecule has 0 fully saturated rings. The van der Waals surface area contributed by atoms with Crippen LogP contribution < -0.4 is 9.47 Å². The van der Waals surface area contributed by atoms with Crippen LogP contribution in [0, 0.1) is 13.8 Å². The SMILES string of the molecule is CCOc1ccc(C)c(/C([S-])=C(/[S-])c2ccccc2)c1.CCOc1ccc(C)cc1/C([S-])=C(/[S-])c1ccccc1.[Ni]. The Balaban J connectivity index is 0.000000280. The van der Waals surface area contributed by atoms with Crippen molar-refractivity contribution in [3.05, 3.63) is 130 Å². The second-order valence-corrected chi connectivity index (χ2v) is 10.5. The molecule has 0 heterocycles. The Morgan fingerprint density at radius 1 is 0.561 bits per heavy atom. The van der Waals surface area contributed by atoms with Crippen LogP contribution in [-0.2, 0) is 67.0 Å². The molecule has 0 atom stereocenters. The van der Waals surface area contributed by atoms with Gasteiger partial charge in [-0.2, -0.15) is 19.6 Å². The van der Waals surface area contributed by atoms with Crippen LogP contribution in [0.1, 0.15) is 47.2 Å². The first-order valence-corrected chi connectivity index (χ1v) is 14.6. The summed E-state index contributed by atoms with van der Waals surface area (Å²) >= 11 is 22.2. The molecular weight excluding hydrogens is 627 g/mol. The molecule has 0 aliphatic rings. The molecule has 41 heavy (non-hydrogen) atoms. The normalized spacial score (nSPS) is 11.6. The zero-order valence-corrected chi connectivity index (χ0v) is 27.7. The third-order valence-corrected chi connectivity index (χ3v) is 7.91. The third-order valence-electron chi connectivity index (χ3n) is 5.93. The second-order valence-electron chi connectivity index (χ2n) is 8.89. The molecule has 4 aromatic carbocycles. The first-order chi connectivity index (χ1) is 19.3. The zero-order chi connectivity index (χ0) is 29.1. The van der Waals surface area contributed by atoms with E-state index in [2.05, 4.69) is 0 Å². The van der Waals surface area contributed by atoms with E-state index in [4.69, 9.17) is 60.0 Å². The van der Waals surface area contributed by atoms with Gasteiger partial charge < -0.3 is 60.0 Å². The monoisotopic (exact) mass is 658 g/mol. The van der Waals surface area contributed by atoms with E-state index in [1.54, 1.807) is 0 Å². The quantitative estimate of drug-likeness (QED) is 0.106. The number of rotatable bonds is 8. The first kappa shape index (κ1) is 34.5. The first-order valence-electron chi connectivity index (χ1n) is 13.0. The molecule has 0 amide bonds. The van der Waals surface area contributed by atoms with E-state index < -0.39 is 0 Å². The largest absolute Gasteiger partial charge is 0.781 e.